The zero-order valence-corrected chi connectivity index (χ0v) is 9.91. The Morgan fingerprint density at radius 3 is 2.64 bits per heavy atom. The summed E-state index contributed by atoms with van der Waals surface area (Å²) < 4.78 is 1.87. The number of rotatable bonds is 5. The fraction of sp³-hybridized carbons (Fsp3) is 0.700. The Morgan fingerprint density at radius 1 is 1.43 bits per heavy atom. The molecule has 1 aromatic heterocycles. The predicted molar refractivity (Wildman–Crippen MR) is 61.2 cm³/mol. The maximum atomic E-state index is 11.5. The molecule has 0 bridgehead atoms. The highest BCUT2D eigenvalue weighted by molar-refractivity contribution is 7.09. The first kappa shape index (κ1) is 11.5. The summed E-state index contributed by atoms with van der Waals surface area (Å²) in [7, 11) is 0. The summed E-state index contributed by atoms with van der Waals surface area (Å²) in [5.74, 6) is 0. The number of nitrogens with one attached hydrogen (secondary N) is 1. The van der Waals surface area contributed by atoms with Crippen molar-refractivity contribution in [3.05, 3.63) is 20.2 Å². The summed E-state index contributed by atoms with van der Waals surface area (Å²) in [4.78, 5) is 12.8. The van der Waals surface area contributed by atoms with Gasteiger partial charge >= 0.3 is 4.87 Å². The second kappa shape index (κ2) is 5.32. The van der Waals surface area contributed by atoms with Crippen LogP contribution in [0.1, 0.15) is 23.9 Å². The molecule has 14 heavy (non-hydrogen) atoms. The predicted octanol–water partition coefficient (Wildman–Crippen LogP) is 1.53. The molecular formula is C10H18N2OS. The largest absolute Gasteiger partial charge is 0.317 e. The number of aryl methyl sites for hydroxylation is 1. The molecule has 0 radical (unpaired) electrons. The molecular weight excluding hydrogens is 196 g/mol. The lowest BCUT2D eigenvalue weighted by molar-refractivity contribution is 0.578. The van der Waals surface area contributed by atoms with Gasteiger partial charge in [0.25, 0.3) is 0 Å². The van der Waals surface area contributed by atoms with Crippen LogP contribution in [0.25, 0.3) is 0 Å². The first-order chi connectivity index (χ1) is 6.66. The summed E-state index contributed by atoms with van der Waals surface area (Å²) >= 11 is 1.35. The Hall–Kier alpha value is -0.610. The molecule has 80 valence electrons. The standard InChI is InChI=1S/C10H18N2OS/c1-4-11-6-5-7-12-8(2)9(3)14-10(12)13/h11H,4-7H2,1-3H3. The van der Waals surface area contributed by atoms with Crippen LogP contribution in [0.4, 0.5) is 0 Å². The van der Waals surface area contributed by atoms with Crippen molar-refractivity contribution in [2.24, 2.45) is 0 Å². The van der Waals surface area contributed by atoms with E-state index in [-0.39, 0.29) is 4.87 Å². The summed E-state index contributed by atoms with van der Waals surface area (Å²) in [5, 5.41) is 3.25. The summed E-state index contributed by atoms with van der Waals surface area (Å²) in [5.41, 5.74) is 1.12. The first-order valence-corrected chi connectivity index (χ1v) is 5.86. The average Bonchev–Trinajstić information content (AvgIpc) is 2.38. The van der Waals surface area contributed by atoms with Crippen LogP contribution in [-0.4, -0.2) is 17.7 Å². The number of hydrogen-bond acceptors (Lipinski definition) is 3. The van der Waals surface area contributed by atoms with Crippen LogP contribution in [0, 0.1) is 13.8 Å². The minimum Gasteiger partial charge on any atom is -0.317 e. The minimum atomic E-state index is 0.177. The lowest BCUT2D eigenvalue weighted by atomic mass is 10.3. The lowest BCUT2D eigenvalue weighted by Gasteiger charge is -2.04. The zero-order chi connectivity index (χ0) is 10.6. The third kappa shape index (κ3) is 2.69. The van der Waals surface area contributed by atoms with E-state index in [0.29, 0.717) is 0 Å². The summed E-state index contributed by atoms with van der Waals surface area (Å²) in [6, 6.07) is 0. The Morgan fingerprint density at radius 2 is 2.14 bits per heavy atom. The van der Waals surface area contributed by atoms with Gasteiger partial charge in [0.15, 0.2) is 0 Å². The number of nitrogens with zero attached hydrogens (tertiary/aromatic N) is 1. The summed E-state index contributed by atoms with van der Waals surface area (Å²) in [6.45, 7) is 8.92. The molecule has 0 aliphatic rings. The third-order valence-electron chi connectivity index (χ3n) is 2.36. The summed E-state index contributed by atoms with van der Waals surface area (Å²) in [6.07, 6.45) is 1.02. The van der Waals surface area contributed by atoms with E-state index in [1.165, 1.54) is 11.3 Å². The van der Waals surface area contributed by atoms with Crippen LogP contribution in [0.2, 0.25) is 0 Å². The highest BCUT2D eigenvalue weighted by atomic mass is 32.1. The fourth-order valence-electron chi connectivity index (χ4n) is 1.38. The van der Waals surface area contributed by atoms with E-state index in [1.807, 2.05) is 18.4 Å². The van der Waals surface area contributed by atoms with Crippen LogP contribution in [0.5, 0.6) is 0 Å². The van der Waals surface area contributed by atoms with Crippen molar-refractivity contribution < 1.29 is 0 Å². The normalized spacial score (nSPS) is 10.8. The molecule has 0 fully saturated rings. The Bertz CT molecular complexity index is 340. The molecule has 0 atom stereocenters. The van der Waals surface area contributed by atoms with Crippen molar-refractivity contribution in [1.82, 2.24) is 9.88 Å². The highest BCUT2D eigenvalue weighted by Gasteiger charge is 2.05. The maximum Gasteiger partial charge on any atom is 0.307 e. The molecule has 0 aromatic carbocycles. The smallest absolute Gasteiger partial charge is 0.307 e. The molecule has 0 amide bonds. The van der Waals surface area contributed by atoms with Gasteiger partial charge < -0.3 is 9.88 Å². The van der Waals surface area contributed by atoms with E-state index in [9.17, 15) is 4.79 Å². The maximum absolute atomic E-state index is 11.5. The molecule has 0 saturated heterocycles. The molecule has 4 heteroatoms. The molecule has 1 aromatic rings. The van der Waals surface area contributed by atoms with Crippen LogP contribution < -0.4 is 10.2 Å². The first-order valence-electron chi connectivity index (χ1n) is 5.04. The van der Waals surface area contributed by atoms with E-state index in [1.54, 1.807) is 0 Å². The van der Waals surface area contributed by atoms with Gasteiger partial charge in [0.05, 0.1) is 0 Å². The van der Waals surface area contributed by atoms with Crippen molar-refractivity contribution >= 4 is 11.3 Å². The number of hydrogen-bond donors (Lipinski definition) is 1. The van der Waals surface area contributed by atoms with Crippen LogP contribution in [-0.2, 0) is 6.54 Å². The van der Waals surface area contributed by atoms with Crippen molar-refractivity contribution in [3.8, 4) is 0 Å². The van der Waals surface area contributed by atoms with Gasteiger partial charge in [0, 0.05) is 17.1 Å². The van der Waals surface area contributed by atoms with Gasteiger partial charge in [0.1, 0.15) is 0 Å². The Kier molecular flexibility index (Phi) is 4.35. The van der Waals surface area contributed by atoms with Gasteiger partial charge in [-0.25, -0.2) is 0 Å². The molecule has 1 N–H and O–H groups in total. The van der Waals surface area contributed by atoms with Gasteiger partial charge in [0.2, 0.25) is 0 Å². The van der Waals surface area contributed by atoms with E-state index >= 15 is 0 Å². The van der Waals surface area contributed by atoms with E-state index < -0.39 is 0 Å². The van der Waals surface area contributed by atoms with E-state index in [2.05, 4.69) is 12.2 Å². The van der Waals surface area contributed by atoms with Gasteiger partial charge in [-0.2, -0.15) is 0 Å². The molecule has 0 spiro atoms. The van der Waals surface area contributed by atoms with Crippen molar-refractivity contribution in [1.29, 1.82) is 0 Å². The average molecular weight is 214 g/mol. The quantitative estimate of drug-likeness (QED) is 0.754. The van der Waals surface area contributed by atoms with Crippen molar-refractivity contribution in [2.45, 2.75) is 33.7 Å². The van der Waals surface area contributed by atoms with Gasteiger partial charge in [-0.1, -0.05) is 18.3 Å². The van der Waals surface area contributed by atoms with Crippen LogP contribution in [0.15, 0.2) is 4.79 Å². The van der Waals surface area contributed by atoms with Gasteiger partial charge in [-0.15, -0.1) is 0 Å². The SMILES string of the molecule is CCNCCCn1c(C)c(C)sc1=O. The number of aromatic nitrogens is 1. The Labute approximate surface area is 88.8 Å². The van der Waals surface area contributed by atoms with Crippen molar-refractivity contribution in [3.63, 3.8) is 0 Å². The molecule has 1 rings (SSSR count). The second-order valence-corrected chi connectivity index (χ2v) is 4.53. The topological polar surface area (TPSA) is 34.0 Å². The Balaban J connectivity index is 2.54. The monoisotopic (exact) mass is 214 g/mol. The number of thiazole rings is 1. The molecule has 0 unspecified atom stereocenters. The molecule has 0 saturated carbocycles. The lowest BCUT2D eigenvalue weighted by Crippen LogP contribution is -2.20. The van der Waals surface area contributed by atoms with Crippen molar-refractivity contribution in [2.75, 3.05) is 13.1 Å². The molecule has 3 nitrogen and oxygen atoms in total. The molecule has 0 aliphatic carbocycles. The highest BCUT2D eigenvalue weighted by Crippen LogP contribution is 2.09. The van der Waals surface area contributed by atoms with E-state index in [0.717, 1.165) is 36.6 Å². The minimum absolute atomic E-state index is 0.177. The van der Waals surface area contributed by atoms with Crippen LogP contribution >= 0.6 is 11.3 Å². The van der Waals surface area contributed by atoms with E-state index in [4.69, 9.17) is 0 Å². The van der Waals surface area contributed by atoms with Gasteiger partial charge in [-0.3, -0.25) is 4.79 Å². The third-order valence-corrected chi connectivity index (χ3v) is 3.36. The zero-order valence-electron chi connectivity index (χ0n) is 9.09. The second-order valence-electron chi connectivity index (χ2n) is 3.37. The molecule has 1 heterocycles. The fourth-order valence-corrected chi connectivity index (χ4v) is 2.24. The van der Waals surface area contributed by atoms with Gasteiger partial charge in [-0.05, 0) is 33.4 Å². The van der Waals surface area contributed by atoms with Crippen LogP contribution in [0.3, 0.4) is 0 Å². The molecule has 0 aliphatic heterocycles.